The van der Waals surface area contributed by atoms with Crippen LogP contribution in [-0.4, -0.2) is 31.3 Å². The van der Waals surface area contributed by atoms with E-state index in [-0.39, 0.29) is 6.04 Å². The summed E-state index contributed by atoms with van der Waals surface area (Å²) in [7, 11) is 3.02. The van der Waals surface area contributed by atoms with Crippen molar-refractivity contribution in [3.63, 3.8) is 0 Å². The van der Waals surface area contributed by atoms with Crippen LogP contribution in [0.3, 0.4) is 0 Å². The zero-order valence-electron chi connectivity index (χ0n) is 11.1. The van der Waals surface area contributed by atoms with Gasteiger partial charge < -0.3 is 14.6 Å². The highest BCUT2D eigenvalue weighted by Crippen LogP contribution is 2.34. The summed E-state index contributed by atoms with van der Waals surface area (Å²) in [6.07, 6.45) is 0. The maximum atomic E-state index is 11.3. The molecule has 5 heteroatoms. The van der Waals surface area contributed by atoms with Crippen LogP contribution >= 0.6 is 0 Å². The average molecular weight is 253 g/mol. The van der Waals surface area contributed by atoms with Gasteiger partial charge in [0.15, 0.2) is 11.5 Å². The maximum absolute atomic E-state index is 11.3. The molecular formula is C13H19NO4. The van der Waals surface area contributed by atoms with E-state index in [9.17, 15) is 9.90 Å². The lowest BCUT2D eigenvalue weighted by Crippen LogP contribution is -2.33. The highest BCUT2D eigenvalue weighted by molar-refractivity contribution is 5.77. The van der Waals surface area contributed by atoms with Gasteiger partial charge in [0.1, 0.15) is 6.04 Å². The van der Waals surface area contributed by atoms with Crippen LogP contribution in [-0.2, 0) is 4.79 Å². The van der Waals surface area contributed by atoms with E-state index in [0.29, 0.717) is 17.1 Å². The summed E-state index contributed by atoms with van der Waals surface area (Å²) < 4.78 is 10.4. The Morgan fingerprint density at radius 1 is 1.28 bits per heavy atom. The number of carbonyl (C=O) groups is 1. The molecule has 0 bridgehead atoms. The van der Waals surface area contributed by atoms with Gasteiger partial charge in [-0.15, -0.1) is 0 Å². The highest BCUT2D eigenvalue weighted by Gasteiger charge is 2.25. The number of hydrogen-bond donors (Lipinski definition) is 2. The number of carboxylic acids is 1. The van der Waals surface area contributed by atoms with Gasteiger partial charge in [-0.2, -0.15) is 0 Å². The molecule has 2 N–H and O–H groups in total. The second-order valence-electron chi connectivity index (χ2n) is 4.18. The van der Waals surface area contributed by atoms with E-state index >= 15 is 0 Å². The molecule has 1 aromatic rings. The maximum Gasteiger partial charge on any atom is 0.325 e. The van der Waals surface area contributed by atoms with Crippen LogP contribution in [0, 0.1) is 0 Å². The minimum atomic E-state index is -0.949. The average Bonchev–Trinajstić information content (AvgIpc) is 2.34. The standard InChI is InChI=1S/C13H19NO4/c1-8(2)14-11(13(15)16)9-6-5-7-10(17-3)12(9)18-4/h5-8,11,14H,1-4H3,(H,15,16). The van der Waals surface area contributed by atoms with Crippen molar-refractivity contribution in [1.29, 1.82) is 0 Å². The van der Waals surface area contributed by atoms with E-state index in [1.54, 1.807) is 18.2 Å². The largest absolute Gasteiger partial charge is 0.493 e. The number of aliphatic carboxylic acids is 1. The first-order valence-electron chi connectivity index (χ1n) is 5.71. The third-order valence-electron chi connectivity index (χ3n) is 2.49. The molecule has 0 aliphatic heterocycles. The van der Waals surface area contributed by atoms with Gasteiger partial charge in [0.2, 0.25) is 0 Å². The molecule has 0 radical (unpaired) electrons. The number of carboxylic acid groups (broad SMARTS) is 1. The molecule has 1 unspecified atom stereocenters. The topological polar surface area (TPSA) is 67.8 Å². The van der Waals surface area contributed by atoms with Crippen LogP contribution in [0.5, 0.6) is 11.5 Å². The van der Waals surface area contributed by atoms with E-state index in [2.05, 4.69) is 5.32 Å². The lowest BCUT2D eigenvalue weighted by Gasteiger charge is -2.21. The van der Waals surface area contributed by atoms with E-state index in [1.807, 2.05) is 13.8 Å². The van der Waals surface area contributed by atoms with Crippen molar-refractivity contribution >= 4 is 5.97 Å². The minimum Gasteiger partial charge on any atom is -0.493 e. The van der Waals surface area contributed by atoms with Crippen molar-refractivity contribution in [2.75, 3.05) is 14.2 Å². The molecule has 18 heavy (non-hydrogen) atoms. The number of hydrogen-bond acceptors (Lipinski definition) is 4. The normalized spacial score (nSPS) is 12.3. The summed E-state index contributed by atoms with van der Waals surface area (Å²) in [5.41, 5.74) is 0.554. The van der Waals surface area contributed by atoms with Crippen LogP contribution in [0.1, 0.15) is 25.5 Å². The SMILES string of the molecule is COc1cccc(C(NC(C)C)C(=O)O)c1OC. The fraction of sp³-hybridized carbons (Fsp3) is 0.462. The van der Waals surface area contributed by atoms with E-state index in [4.69, 9.17) is 9.47 Å². The van der Waals surface area contributed by atoms with Gasteiger partial charge in [-0.1, -0.05) is 12.1 Å². The Morgan fingerprint density at radius 2 is 1.94 bits per heavy atom. The molecule has 0 amide bonds. The third kappa shape index (κ3) is 3.13. The number of rotatable bonds is 6. The van der Waals surface area contributed by atoms with Crippen LogP contribution in [0.2, 0.25) is 0 Å². The molecule has 5 nitrogen and oxygen atoms in total. The fourth-order valence-corrected chi connectivity index (χ4v) is 1.77. The minimum absolute atomic E-state index is 0.0435. The van der Waals surface area contributed by atoms with Gasteiger partial charge in [-0.3, -0.25) is 10.1 Å². The van der Waals surface area contributed by atoms with Gasteiger partial charge in [0.05, 0.1) is 14.2 Å². The number of para-hydroxylation sites is 1. The Hall–Kier alpha value is -1.75. The smallest absolute Gasteiger partial charge is 0.325 e. The summed E-state index contributed by atoms with van der Waals surface area (Å²) in [6, 6.07) is 4.41. The third-order valence-corrected chi connectivity index (χ3v) is 2.49. The van der Waals surface area contributed by atoms with E-state index in [0.717, 1.165) is 0 Å². The van der Waals surface area contributed by atoms with E-state index in [1.165, 1.54) is 14.2 Å². The lowest BCUT2D eigenvalue weighted by atomic mass is 10.0. The quantitative estimate of drug-likeness (QED) is 0.809. The lowest BCUT2D eigenvalue weighted by molar-refractivity contribution is -0.139. The number of nitrogens with one attached hydrogen (secondary N) is 1. The summed E-state index contributed by atoms with van der Waals surface area (Å²) >= 11 is 0. The van der Waals surface area contributed by atoms with Crippen molar-refractivity contribution < 1.29 is 19.4 Å². The molecule has 1 rings (SSSR count). The van der Waals surface area contributed by atoms with E-state index < -0.39 is 12.0 Å². The summed E-state index contributed by atoms with van der Waals surface area (Å²) in [5.74, 6) is 0.0163. The number of ether oxygens (including phenoxy) is 2. The molecule has 1 aromatic carbocycles. The van der Waals surface area contributed by atoms with Gasteiger partial charge in [-0.05, 0) is 19.9 Å². The Labute approximate surface area is 107 Å². The Kier molecular flexibility index (Phi) is 4.97. The van der Waals surface area contributed by atoms with Gasteiger partial charge in [-0.25, -0.2) is 0 Å². The zero-order valence-corrected chi connectivity index (χ0v) is 11.1. The van der Waals surface area contributed by atoms with Gasteiger partial charge in [0.25, 0.3) is 0 Å². The monoisotopic (exact) mass is 253 g/mol. The molecule has 0 aliphatic rings. The first kappa shape index (κ1) is 14.3. The molecule has 0 heterocycles. The van der Waals surface area contributed by atoms with Crippen LogP contribution in [0.25, 0.3) is 0 Å². The number of benzene rings is 1. The molecular weight excluding hydrogens is 234 g/mol. The zero-order chi connectivity index (χ0) is 13.7. The van der Waals surface area contributed by atoms with Crippen LogP contribution < -0.4 is 14.8 Å². The first-order chi connectivity index (χ1) is 8.51. The van der Waals surface area contributed by atoms with Crippen molar-refractivity contribution in [1.82, 2.24) is 5.32 Å². The molecule has 0 saturated carbocycles. The number of methoxy groups -OCH3 is 2. The van der Waals surface area contributed by atoms with Gasteiger partial charge in [0, 0.05) is 11.6 Å². The predicted octanol–water partition coefficient (Wildman–Crippen LogP) is 1.83. The second-order valence-corrected chi connectivity index (χ2v) is 4.18. The highest BCUT2D eigenvalue weighted by atomic mass is 16.5. The Bertz CT molecular complexity index is 417. The molecule has 0 saturated heterocycles. The molecule has 0 fully saturated rings. The van der Waals surface area contributed by atoms with Gasteiger partial charge >= 0.3 is 5.97 Å². The molecule has 100 valence electrons. The molecule has 1 atom stereocenters. The molecule has 0 aromatic heterocycles. The van der Waals surface area contributed by atoms with Crippen LogP contribution in [0.15, 0.2) is 18.2 Å². The summed E-state index contributed by atoms with van der Waals surface area (Å²) in [4.78, 5) is 11.3. The molecule has 0 aliphatic carbocycles. The van der Waals surface area contributed by atoms with Crippen molar-refractivity contribution in [2.45, 2.75) is 25.9 Å². The van der Waals surface area contributed by atoms with Crippen molar-refractivity contribution in [3.8, 4) is 11.5 Å². The second kappa shape index (κ2) is 6.26. The predicted molar refractivity (Wildman–Crippen MR) is 68.2 cm³/mol. The van der Waals surface area contributed by atoms with Crippen molar-refractivity contribution in [3.05, 3.63) is 23.8 Å². The van der Waals surface area contributed by atoms with Crippen LogP contribution in [0.4, 0.5) is 0 Å². The summed E-state index contributed by atoms with van der Waals surface area (Å²) in [5, 5.41) is 12.3. The Morgan fingerprint density at radius 3 is 2.39 bits per heavy atom. The fourth-order valence-electron chi connectivity index (χ4n) is 1.77. The van der Waals surface area contributed by atoms with Crippen molar-refractivity contribution in [2.24, 2.45) is 0 Å². The first-order valence-corrected chi connectivity index (χ1v) is 5.71. The Balaban J connectivity index is 3.22. The summed E-state index contributed by atoms with van der Waals surface area (Å²) in [6.45, 7) is 3.78. The molecule has 0 spiro atoms.